The van der Waals surface area contributed by atoms with Gasteiger partial charge in [-0.3, -0.25) is 9.52 Å². The number of nitrogens with one attached hydrogen (secondary N) is 2. The van der Waals surface area contributed by atoms with Crippen LogP contribution in [0.5, 0.6) is 11.5 Å². The highest BCUT2D eigenvalue weighted by molar-refractivity contribution is 7.92. The second-order valence-corrected chi connectivity index (χ2v) is 10.4. The predicted octanol–water partition coefficient (Wildman–Crippen LogP) is 4.73. The van der Waals surface area contributed by atoms with E-state index in [0.717, 1.165) is 0 Å². The van der Waals surface area contributed by atoms with Gasteiger partial charge in [-0.15, -0.1) is 0 Å². The summed E-state index contributed by atoms with van der Waals surface area (Å²) in [6.45, 7) is 1.67. The third-order valence-corrected chi connectivity index (χ3v) is 6.96. The van der Waals surface area contributed by atoms with E-state index in [4.69, 9.17) is 42.5 Å². The number of aliphatic hydroxyl groups excluding tert-OH is 1. The molecule has 3 N–H and O–H groups in total. The molecule has 9 nitrogen and oxygen atoms in total. The van der Waals surface area contributed by atoms with E-state index in [1.165, 1.54) is 42.5 Å². The minimum Gasteiger partial charge on any atom is -0.456 e. The highest BCUT2D eigenvalue weighted by Gasteiger charge is 2.19. The number of hydrogen-bond donors (Lipinski definition) is 3. The summed E-state index contributed by atoms with van der Waals surface area (Å²) in [5.74, 6) is 0.364. The van der Waals surface area contributed by atoms with Gasteiger partial charge in [0.05, 0.1) is 47.6 Å². The van der Waals surface area contributed by atoms with Crippen LogP contribution < -0.4 is 14.8 Å². The maximum atomic E-state index is 13.0. The lowest BCUT2D eigenvalue weighted by molar-refractivity contribution is 0.0325. The van der Waals surface area contributed by atoms with Crippen LogP contribution in [0.3, 0.4) is 0 Å². The van der Waals surface area contributed by atoms with Gasteiger partial charge in [0.2, 0.25) is 0 Å². The molecule has 0 atom stereocenters. The van der Waals surface area contributed by atoms with E-state index in [1.807, 2.05) is 0 Å². The summed E-state index contributed by atoms with van der Waals surface area (Å²) >= 11 is 12.2. The Hall–Kier alpha value is -2.86. The van der Waals surface area contributed by atoms with Crippen LogP contribution in [-0.2, 0) is 19.5 Å². The van der Waals surface area contributed by atoms with Crippen LogP contribution in [0.1, 0.15) is 16.8 Å². The summed E-state index contributed by atoms with van der Waals surface area (Å²) in [5.41, 5.74) is 0.165. The standard InChI is InChI=1S/C26H28Cl2N2O7S/c27-19-6-11-24(22(18-19)26(32)29-12-3-14-35-16-17-36-15-13-31)30-38(33,34)21-9-7-20(8-10-21)37-25-5-2-1-4-23(25)28/h1-2,4-11,18,30-31H,3,12-17H2,(H,29,32). The largest absolute Gasteiger partial charge is 0.456 e. The van der Waals surface area contributed by atoms with E-state index in [-0.39, 0.29) is 34.4 Å². The van der Waals surface area contributed by atoms with Crippen molar-refractivity contribution in [3.05, 3.63) is 82.3 Å². The molecule has 0 unspecified atom stereocenters. The van der Waals surface area contributed by atoms with Crippen LogP contribution in [0.25, 0.3) is 0 Å². The first-order chi connectivity index (χ1) is 18.3. The van der Waals surface area contributed by atoms with E-state index in [9.17, 15) is 13.2 Å². The van der Waals surface area contributed by atoms with E-state index >= 15 is 0 Å². The highest BCUT2D eigenvalue weighted by atomic mass is 35.5. The minimum atomic E-state index is -4.02. The van der Waals surface area contributed by atoms with Crippen LogP contribution in [-0.4, -0.2) is 59.0 Å². The van der Waals surface area contributed by atoms with Gasteiger partial charge < -0.3 is 24.6 Å². The molecule has 0 aliphatic heterocycles. The lowest BCUT2D eigenvalue weighted by atomic mass is 10.1. The lowest BCUT2D eigenvalue weighted by Crippen LogP contribution is -2.27. The van der Waals surface area contributed by atoms with Crippen molar-refractivity contribution in [2.24, 2.45) is 0 Å². The number of aliphatic hydroxyl groups is 1. The molecule has 0 aliphatic rings. The fourth-order valence-corrected chi connectivity index (χ4v) is 4.62. The molecule has 1 amide bonds. The first-order valence-electron chi connectivity index (χ1n) is 11.7. The third-order valence-electron chi connectivity index (χ3n) is 5.03. The Morgan fingerprint density at radius 2 is 1.61 bits per heavy atom. The number of para-hydroxylation sites is 1. The summed E-state index contributed by atoms with van der Waals surface area (Å²) in [7, 11) is -4.02. The number of rotatable bonds is 15. The van der Waals surface area contributed by atoms with Gasteiger partial charge >= 0.3 is 0 Å². The van der Waals surface area contributed by atoms with Gasteiger partial charge in [0.25, 0.3) is 15.9 Å². The molecule has 12 heteroatoms. The molecule has 0 aliphatic carbocycles. The number of sulfonamides is 1. The van der Waals surface area contributed by atoms with E-state index in [0.29, 0.717) is 49.3 Å². The molecular weight excluding hydrogens is 555 g/mol. The molecule has 3 aromatic rings. The quantitative estimate of drug-likeness (QED) is 0.221. The molecule has 0 fully saturated rings. The van der Waals surface area contributed by atoms with E-state index in [1.54, 1.807) is 24.3 Å². The molecule has 0 heterocycles. The van der Waals surface area contributed by atoms with Crippen LogP contribution >= 0.6 is 23.2 Å². The van der Waals surface area contributed by atoms with Crippen LogP contribution in [0, 0.1) is 0 Å². The molecule has 0 spiro atoms. The summed E-state index contributed by atoms with van der Waals surface area (Å²) < 4.78 is 44.7. The number of hydrogen-bond acceptors (Lipinski definition) is 7. The second-order valence-electron chi connectivity index (χ2n) is 7.86. The Morgan fingerprint density at radius 1 is 0.895 bits per heavy atom. The molecule has 0 bridgehead atoms. The highest BCUT2D eigenvalue weighted by Crippen LogP contribution is 2.30. The third kappa shape index (κ3) is 9.16. The number of benzene rings is 3. The Balaban J connectivity index is 1.59. The maximum Gasteiger partial charge on any atom is 0.261 e. The Kier molecular flexibility index (Phi) is 11.7. The predicted molar refractivity (Wildman–Crippen MR) is 146 cm³/mol. The zero-order valence-corrected chi connectivity index (χ0v) is 22.7. The number of carbonyl (C=O) groups excluding carboxylic acids is 1. The summed E-state index contributed by atoms with van der Waals surface area (Å²) in [6, 6.07) is 17.0. The number of amides is 1. The number of carbonyl (C=O) groups is 1. The van der Waals surface area contributed by atoms with E-state index < -0.39 is 15.9 Å². The van der Waals surface area contributed by atoms with Crippen LogP contribution in [0.2, 0.25) is 10.0 Å². The topological polar surface area (TPSA) is 123 Å². The minimum absolute atomic E-state index is 0.0227. The van der Waals surface area contributed by atoms with Gasteiger partial charge in [-0.05, 0) is 61.0 Å². The molecule has 38 heavy (non-hydrogen) atoms. The van der Waals surface area contributed by atoms with Gasteiger partial charge in [0.1, 0.15) is 11.5 Å². The Bertz CT molecular complexity index is 1310. The van der Waals surface area contributed by atoms with Crippen molar-refractivity contribution in [3.63, 3.8) is 0 Å². The zero-order valence-electron chi connectivity index (χ0n) is 20.4. The van der Waals surface area contributed by atoms with Crippen molar-refractivity contribution in [3.8, 4) is 11.5 Å². The summed E-state index contributed by atoms with van der Waals surface area (Å²) in [5, 5.41) is 12.1. The summed E-state index contributed by atoms with van der Waals surface area (Å²) in [4.78, 5) is 12.8. The smallest absolute Gasteiger partial charge is 0.261 e. The van der Waals surface area contributed by atoms with Crippen molar-refractivity contribution in [2.75, 3.05) is 44.3 Å². The molecule has 3 aromatic carbocycles. The van der Waals surface area contributed by atoms with Gasteiger partial charge in [-0.1, -0.05) is 35.3 Å². The normalized spacial score (nSPS) is 11.2. The SMILES string of the molecule is O=C(NCCCOCCOCCO)c1cc(Cl)ccc1NS(=O)(=O)c1ccc(Oc2ccccc2Cl)cc1. The van der Waals surface area contributed by atoms with Crippen LogP contribution in [0.4, 0.5) is 5.69 Å². The average molecular weight is 583 g/mol. The molecule has 0 saturated carbocycles. The number of anilines is 1. The average Bonchev–Trinajstić information content (AvgIpc) is 2.90. The van der Waals surface area contributed by atoms with Crippen LogP contribution in [0.15, 0.2) is 71.6 Å². The number of halogens is 2. The lowest BCUT2D eigenvalue weighted by Gasteiger charge is -2.14. The van der Waals surface area contributed by atoms with Crippen molar-refractivity contribution < 1.29 is 32.5 Å². The first kappa shape index (κ1) is 29.7. The Labute approximate surface area is 231 Å². The van der Waals surface area contributed by atoms with Gasteiger partial charge in [0, 0.05) is 18.2 Å². The maximum absolute atomic E-state index is 13.0. The fraction of sp³-hybridized carbons (Fsp3) is 0.269. The number of ether oxygens (including phenoxy) is 3. The Morgan fingerprint density at radius 3 is 2.32 bits per heavy atom. The van der Waals surface area contributed by atoms with Gasteiger partial charge in [-0.2, -0.15) is 0 Å². The van der Waals surface area contributed by atoms with Crippen molar-refractivity contribution in [1.82, 2.24) is 5.32 Å². The van der Waals surface area contributed by atoms with Crippen molar-refractivity contribution in [2.45, 2.75) is 11.3 Å². The first-order valence-corrected chi connectivity index (χ1v) is 13.9. The molecule has 0 aromatic heterocycles. The van der Waals surface area contributed by atoms with Gasteiger partial charge in [-0.25, -0.2) is 8.42 Å². The monoisotopic (exact) mass is 582 g/mol. The fourth-order valence-electron chi connectivity index (χ4n) is 3.20. The summed E-state index contributed by atoms with van der Waals surface area (Å²) in [6.07, 6.45) is 0.538. The van der Waals surface area contributed by atoms with Gasteiger partial charge in [0.15, 0.2) is 0 Å². The zero-order chi connectivity index (χ0) is 27.4. The molecular formula is C26H28Cl2N2O7S. The van der Waals surface area contributed by atoms with E-state index in [2.05, 4.69) is 10.0 Å². The molecule has 204 valence electrons. The molecule has 0 radical (unpaired) electrons. The van der Waals surface area contributed by atoms with Crippen molar-refractivity contribution >= 4 is 44.8 Å². The molecule has 0 saturated heterocycles. The van der Waals surface area contributed by atoms with Crippen molar-refractivity contribution in [1.29, 1.82) is 0 Å². The second kappa shape index (κ2) is 14.9. The molecule has 3 rings (SSSR count).